The predicted octanol–water partition coefficient (Wildman–Crippen LogP) is 1.11. The van der Waals surface area contributed by atoms with E-state index in [1.54, 1.807) is 7.11 Å². The molecule has 0 saturated carbocycles. The van der Waals surface area contributed by atoms with Gasteiger partial charge < -0.3 is 14.5 Å². The zero-order chi connectivity index (χ0) is 12.6. The number of piperidine rings is 2. The van der Waals surface area contributed by atoms with Crippen LogP contribution in [0.3, 0.4) is 0 Å². The first-order valence-electron chi connectivity index (χ1n) is 7.27. The summed E-state index contributed by atoms with van der Waals surface area (Å²) < 4.78 is 5.21. The van der Waals surface area contributed by atoms with E-state index in [0.717, 1.165) is 32.4 Å². The summed E-state index contributed by atoms with van der Waals surface area (Å²) in [6, 6.07) is 0.342. The van der Waals surface area contributed by atoms with Crippen LogP contribution in [0.5, 0.6) is 0 Å². The van der Waals surface area contributed by atoms with E-state index < -0.39 is 0 Å². The molecule has 1 unspecified atom stereocenters. The van der Waals surface area contributed by atoms with Gasteiger partial charge in [-0.05, 0) is 45.2 Å². The molecule has 0 radical (unpaired) electrons. The van der Waals surface area contributed by atoms with E-state index in [1.165, 1.54) is 25.9 Å². The van der Waals surface area contributed by atoms with E-state index in [0.29, 0.717) is 18.6 Å². The van der Waals surface area contributed by atoms with Gasteiger partial charge in [-0.1, -0.05) is 0 Å². The van der Waals surface area contributed by atoms with Gasteiger partial charge in [0.05, 0.1) is 18.1 Å². The molecule has 1 amide bonds. The maximum absolute atomic E-state index is 12.8. The quantitative estimate of drug-likeness (QED) is 0.754. The lowest BCUT2D eigenvalue weighted by atomic mass is 9.71. The van der Waals surface area contributed by atoms with E-state index >= 15 is 0 Å². The smallest absolute Gasteiger partial charge is 0.230 e. The third-order valence-electron chi connectivity index (χ3n) is 5.00. The molecule has 3 heterocycles. The van der Waals surface area contributed by atoms with Gasteiger partial charge in [0.2, 0.25) is 5.91 Å². The molecule has 18 heavy (non-hydrogen) atoms. The van der Waals surface area contributed by atoms with E-state index in [1.807, 2.05) is 0 Å². The summed E-state index contributed by atoms with van der Waals surface area (Å²) in [6.45, 7) is 5.02. The third-order valence-corrected chi connectivity index (χ3v) is 5.00. The monoisotopic (exact) mass is 252 g/mol. The molecule has 3 aliphatic heterocycles. The van der Waals surface area contributed by atoms with Gasteiger partial charge in [0.1, 0.15) is 0 Å². The first kappa shape index (κ1) is 12.4. The second kappa shape index (κ2) is 4.82. The lowest BCUT2D eigenvalue weighted by Gasteiger charge is -2.51. The fourth-order valence-electron chi connectivity index (χ4n) is 3.92. The van der Waals surface area contributed by atoms with E-state index in [2.05, 4.69) is 9.80 Å². The van der Waals surface area contributed by atoms with E-state index in [9.17, 15) is 4.79 Å². The van der Waals surface area contributed by atoms with Crippen LogP contribution in [-0.4, -0.2) is 61.6 Å². The topological polar surface area (TPSA) is 32.8 Å². The Hall–Kier alpha value is -0.610. The molecule has 3 fully saturated rings. The molecule has 0 aromatic rings. The molecule has 2 bridgehead atoms. The van der Waals surface area contributed by atoms with Crippen LogP contribution in [0.4, 0.5) is 0 Å². The number of rotatable bonds is 3. The molecule has 0 spiro atoms. The molecular weight excluding hydrogens is 228 g/mol. The minimum absolute atomic E-state index is 0.0527. The number of carbonyl (C=O) groups is 1. The number of hydrogen-bond acceptors (Lipinski definition) is 3. The largest absolute Gasteiger partial charge is 0.383 e. The Kier molecular flexibility index (Phi) is 3.32. The second-order valence-corrected chi connectivity index (χ2v) is 6.16. The van der Waals surface area contributed by atoms with Crippen LogP contribution in [0.25, 0.3) is 0 Å². The molecule has 3 rings (SSSR count). The number of likely N-dealkylation sites (tertiary alicyclic amines) is 1. The van der Waals surface area contributed by atoms with Crippen LogP contribution in [0, 0.1) is 5.41 Å². The van der Waals surface area contributed by atoms with Crippen molar-refractivity contribution in [1.29, 1.82) is 0 Å². The Bertz CT molecular complexity index is 322. The summed E-state index contributed by atoms with van der Waals surface area (Å²) in [5.74, 6) is 0.417. The summed E-state index contributed by atoms with van der Waals surface area (Å²) in [5.41, 5.74) is -0.0527. The van der Waals surface area contributed by atoms with Gasteiger partial charge in [0, 0.05) is 20.2 Å². The number of nitrogens with zero attached hydrogens (tertiary/aromatic N) is 2. The Morgan fingerprint density at radius 2 is 2.00 bits per heavy atom. The minimum Gasteiger partial charge on any atom is -0.383 e. The van der Waals surface area contributed by atoms with Crippen LogP contribution in [0.15, 0.2) is 0 Å². The van der Waals surface area contributed by atoms with Crippen LogP contribution in [-0.2, 0) is 9.53 Å². The number of carbonyl (C=O) groups excluding carboxylic acids is 1. The maximum Gasteiger partial charge on any atom is 0.230 e. The van der Waals surface area contributed by atoms with Crippen LogP contribution in [0.2, 0.25) is 0 Å². The highest BCUT2D eigenvalue weighted by atomic mass is 16.5. The van der Waals surface area contributed by atoms with Gasteiger partial charge in [-0.25, -0.2) is 0 Å². The molecule has 3 aliphatic rings. The first-order chi connectivity index (χ1) is 8.75. The molecule has 0 N–H and O–H groups in total. The van der Waals surface area contributed by atoms with Crippen molar-refractivity contribution in [3.05, 3.63) is 0 Å². The standard InChI is InChI=1S/C14H24N2O2/c1-18-10-12-4-9-16(12)13(17)14-5-2-7-15(11-14)8-3-6-14/h12H,2-11H2,1H3. The van der Waals surface area contributed by atoms with Gasteiger partial charge in [0.15, 0.2) is 0 Å². The number of methoxy groups -OCH3 is 1. The van der Waals surface area contributed by atoms with E-state index in [-0.39, 0.29) is 5.41 Å². The molecule has 4 heteroatoms. The summed E-state index contributed by atoms with van der Waals surface area (Å²) in [4.78, 5) is 17.4. The van der Waals surface area contributed by atoms with Crippen molar-refractivity contribution >= 4 is 5.91 Å². The molecule has 3 saturated heterocycles. The molecule has 102 valence electrons. The van der Waals surface area contributed by atoms with Crippen molar-refractivity contribution in [3.63, 3.8) is 0 Å². The third kappa shape index (κ3) is 1.95. The Morgan fingerprint density at radius 3 is 2.56 bits per heavy atom. The number of hydrogen-bond donors (Lipinski definition) is 0. The van der Waals surface area contributed by atoms with Crippen molar-refractivity contribution in [2.45, 2.75) is 38.1 Å². The van der Waals surface area contributed by atoms with Crippen LogP contribution in [0.1, 0.15) is 32.1 Å². The average Bonchev–Trinajstić information content (AvgIpc) is 2.35. The highest BCUT2D eigenvalue weighted by molar-refractivity contribution is 5.84. The summed E-state index contributed by atoms with van der Waals surface area (Å²) in [7, 11) is 1.72. The second-order valence-electron chi connectivity index (χ2n) is 6.16. The lowest BCUT2D eigenvalue weighted by Crippen LogP contribution is -2.62. The summed E-state index contributed by atoms with van der Waals surface area (Å²) in [5, 5.41) is 0. The van der Waals surface area contributed by atoms with Gasteiger partial charge in [-0.2, -0.15) is 0 Å². The van der Waals surface area contributed by atoms with Crippen molar-refractivity contribution in [1.82, 2.24) is 9.80 Å². The number of fused-ring (bicyclic) bond motifs is 2. The highest BCUT2D eigenvalue weighted by Gasteiger charge is 2.48. The van der Waals surface area contributed by atoms with Crippen molar-refractivity contribution in [3.8, 4) is 0 Å². The van der Waals surface area contributed by atoms with Crippen LogP contribution >= 0.6 is 0 Å². The molecule has 4 nitrogen and oxygen atoms in total. The average molecular weight is 252 g/mol. The fraction of sp³-hybridized carbons (Fsp3) is 0.929. The molecule has 0 aromatic carbocycles. The Labute approximate surface area is 109 Å². The Morgan fingerprint density at radius 1 is 1.28 bits per heavy atom. The SMILES string of the molecule is COCC1CCN1C(=O)C12CCCN(CCC1)C2. The molecule has 0 aliphatic carbocycles. The van der Waals surface area contributed by atoms with Gasteiger partial charge in [-0.15, -0.1) is 0 Å². The van der Waals surface area contributed by atoms with Gasteiger partial charge >= 0.3 is 0 Å². The first-order valence-corrected chi connectivity index (χ1v) is 7.27. The minimum atomic E-state index is -0.0527. The van der Waals surface area contributed by atoms with Gasteiger partial charge in [0.25, 0.3) is 0 Å². The highest BCUT2D eigenvalue weighted by Crippen LogP contribution is 2.41. The van der Waals surface area contributed by atoms with Gasteiger partial charge in [-0.3, -0.25) is 4.79 Å². The fourth-order valence-corrected chi connectivity index (χ4v) is 3.92. The van der Waals surface area contributed by atoms with Crippen molar-refractivity contribution in [2.24, 2.45) is 5.41 Å². The molecular formula is C14H24N2O2. The number of ether oxygens (including phenoxy) is 1. The zero-order valence-electron chi connectivity index (χ0n) is 11.4. The zero-order valence-corrected chi connectivity index (χ0v) is 11.4. The maximum atomic E-state index is 12.8. The lowest BCUT2D eigenvalue weighted by molar-refractivity contribution is -0.158. The normalized spacial score (nSPS) is 39.3. The predicted molar refractivity (Wildman–Crippen MR) is 69.3 cm³/mol. The van der Waals surface area contributed by atoms with Crippen molar-refractivity contribution < 1.29 is 9.53 Å². The summed E-state index contributed by atoms with van der Waals surface area (Å²) in [6.07, 6.45) is 5.68. The van der Waals surface area contributed by atoms with E-state index in [4.69, 9.17) is 4.74 Å². The summed E-state index contributed by atoms with van der Waals surface area (Å²) >= 11 is 0. The number of amides is 1. The molecule has 0 aromatic heterocycles. The Balaban J connectivity index is 1.71. The van der Waals surface area contributed by atoms with Crippen LogP contribution < -0.4 is 0 Å². The molecule has 1 atom stereocenters. The van der Waals surface area contributed by atoms with Crippen molar-refractivity contribution in [2.75, 3.05) is 39.9 Å².